The molecule has 1 atom stereocenters. The second-order valence-electron chi connectivity index (χ2n) is 4.98. The van der Waals surface area contributed by atoms with Crippen molar-refractivity contribution in [3.63, 3.8) is 0 Å². The quantitative estimate of drug-likeness (QED) is 0.882. The molecule has 5 nitrogen and oxygen atoms in total. The van der Waals surface area contributed by atoms with Gasteiger partial charge in [-0.25, -0.2) is 0 Å². The minimum atomic E-state index is -0.182. The summed E-state index contributed by atoms with van der Waals surface area (Å²) in [6.07, 6.45) is 4.82. The van der Waals surface area contributed by atoms with Crippen LogP contribution < -0.4 is 14.8 Å². The molecule has 0 spiro atoms. The zero-order chi connectivity index (χ0) is 15.4. The van der Waals surface area contributed by atoms with Gasteiger partial charge in [0.15, 0.2) is 11.5 Å². The third-order valence-electron chi connectivity index (χ3n) is 3.32. The summed E-state index contributed by atoms with van der Waals surface area (Å²) in [5.74, 6) is 1.98. The topological polar surface area (TPSA) is 60.7 Å². The Labute approximate surface area is 128 Å². The predicted octanol–water partition coefficient (Wildman–Crippen LogP) is 2.94. The molecule has 1 aliphatic heterocycles. The summed E-state index contributed by atoms with van der Waals surface area (Å²) < 4.78 is 16.2. The van der Waals surface area contributed by atoms with Gasteiger partial charge in [0, 0.05) is 6.08 Å². The molecule has 0 fully saturated rings. The van der Waals surface area contributed by atoms with Crippen LogP contribution in [-0.2, 0) is 4.79 Å². The van der Waals surface area contributed by atoms with E-state index in [9.17, 15) is 4.79 Å². The van der Waals surface area contributed by atoms with Crippen molar-refractivity contribution >= 4 is 12.0 Å². The van der Waals surface area contributed by atoms with E-state index >= 15 is 0 Å². The molecule has 1 N–H and O–H groups in total. The Kier molecular flexibility index (Phi) is 4.14. The molecule has 1 aliphatic rings. The van der Waals surface area contributed by atoms with E-state index in [0.29, 0.717) is 19.0 Å². The second-order valence-corrected chi connectivity index (χ2v) is 4.98. The molecule has 114 valence electrons. The number of amides is 1. The summed E-state index contributed by atoms with van der Waals surface area (Å²) in [6, 6.07) is 9.03. The Morgan fingerprint density at radius 3 is 2.82 bits per heavy atom. The average molecular weight is 299 g/mol. The first-order valence-corrected chi connectivity index (χ1v) is 7.14. The number of carbonyl (C=O) groups excluding carboxylic acids is 1. The van der Waals surface area contributed by atoms with Gasteiger partial charge in [-0.3, -0.25) is 4.79 Å². The first kappa shape index (κ1) is 14.3. The highest BCUT2D eigenvalue weighted by molar-refractivity contribution is 5.92. The Morgan fingerprint density at radius 1 is 1.23 bits per heavy atom. The standard InChI is InChI=1S/C17H17NO4/c1-12(14-3-2-8-20-14)18-17(19)7-5-13-4-6-15-16(11-13)22-10-9-21-15/h2-8,11-12H,9-10H2,1H3,(H,18,19)/b7-5+/t12-/m0/s1. The van der Waals surface area contributed by atoms with E-state index in [2.05, 4.69) is 5.32 Å². The maximum atomic E-state index is 11.9. The van der Waals surface area contributed by atoms with Gasteiger partial charge in [0.25, 0.3) is 0 Å². The van der Waals surface area contributed by atoms with E-state index in [1.165, 1.54) is 6.08 Å². The lowest BCUT2D eigenvalue weighted by Crippen LogP contribution is -2.24. The van der Waals surface area contributed by atoms with Gasteiger partial charge in [0.2, 0.25) is 5.91 Å². The molecule has 0 saturated carbocycles. The highest BCUT2D eigenvalue weighted by Gasteiger charge is 2.12. The van der Waals surface area contributed by atoms with Gasteiger partial charge in [-0.15, -0.1) is 0 Å². The van der Waals surface area contributed by atoms with Gasteiger partial charge in [-0.1, -0.05) is 6.07 Å². The third kappa shape index (κ3) is 3.31. The molecule has 0 saturated heterocycles. The third-order valence-corrected chi connectivity index (χ3v) is 3.32. The van der Waals surface area contributed by atoms with E-state index in [-0.39, 0.29) is 11.9 Å². The van der Waals surface area contributed by atoms with E-state index in [1.807, 2.05) is 31.2 Å². The van der Waals surface area contributed by atoms with E-state index in [0.717, 1.165) is 17.1 Å². The molecule has 1 amide bonds. The van der Waals surface area contributed by atoms with Gasteiger partial charge in [-0.05, 0) is 42.8 Å². The summed E-state index contributed by atoms with van der Waals surface area (Å²) in [5, 5.41) is 2.84. The number of ether oxygens (including phenoxy) is 2. The van der Waals surface area contributed by atoms with Crippen LogP contribution in [0.1, 0.15) is 24.3 Å². The molecule has 0 radical (unpaired) electrons. The fraction of sp³-hybridized carbons (Fsp3) is 0.235. The highest BCUT2D eigenvalue weighted by Crippen LogP contribution is 2.31. The number of fused-ring (bicyclic) bond motifs is 1. The molecular formula is C17H17NO4. The molecule has 22 heavy (non-hydrogen) atoms. The van der Waals surface area contributed by atoms with Crippen LogP contribution in [0.5, 0.6) is 11.5 Å². The van der Waals surface area contributed by atoms with Gasteiger partial charge in [-0.2, -0.15) is 0 Å². The first-order valence-electron chi connectivity index (χ1n) is 7.14. The van der Waals surface area contributed by atoms with Crippen LogP contribution >= 0.6 is 0 Å². The molecule has 0 aliphatic carbocycles. The van der Waals surface area contributed by atoms with Gasteiger partial charge in [0.1, 0.15) is 19.0 Å². The average Bonchev–Trinajstić information content (AvgIpc) is 3.07. The summed E-state index contributed by atoms with van der Waals surface area (Å²) in [6.45, 7) is 2.98. The van der Waals surface area contributed by atoms with Crippen molar-refractivity contribution in [2.45, 2.75) is 13.0 Å². The van der Waals surface area contributed by atoms with Crippen LogP contribution in [0.4, 0.5) is 0 Å². The molecule has 2 heterocycles. The number of nitrogens with one attached hydrogen (secondary N) is 1. The van der Waals surface area contributed by atoms with Crippen LogP contribution in [0.2, 0.25) is 0 Å². The van der Waals surface area contributed by atoms with E-state index in [4.69, 9.17) is 13.9 Å². The molecule has 1 aromatic heterocycles. The van der Waals surface area contributed by atoms with Crippen molar-refractivity contribution in [1.82, 2.24) is 5.32 Å². The van der Waals surface area contributed by atoms with Crippen molar-refractivity contribution in [3.05, 3.63) is 54.0 Å². The Hall–Kier alpha value is -2.69. The fourth-order valence-electron chi connectivity index (χ4n) is 2.21. The zero-order valence-corrected chi connectivity index (χ0v) is 12.2. The summed E-state index contributed by atoms with van der Waals surface area (Å²) in [5.41, 5.74) is 0.880. The maximum Gasteiger partial charge on any atom is 0.244 e. The van der Waals surface area contributed by atoms with Crippen LogP contribution in [0, 0.1) is 0 Å². The van der Waals surface area contributed by atoms with Crippen molar-refractivity contribution < 1.29 is 18.7 Å². The number of benzene rings is 1. The van der Waals surface area contributed by atoms with Gasteiger partial charge < -0.3 is 19.2 Å². The summed E-state index contributed by atoms with van der Waals surface area (Å²) in [4.78, 5) is 11.9. The second kappa shape index (κ2) is 6.39. The zero-order valence-electron chi connectivity index (χ0n) is 12.2. The number of furan rings is 1. The Balaban J connectivity index is 1.62. The number of rotatable bonds is 4. The summed E-state index contributed by atoms with van der Waals surface area (Å²) in [7, 11) is 0. The lowest BCUT2D eigenvalue weighted by Gasteiger charge is -2.18. The number of carbonyl (C=O) groups is 1. The van der Waals surface area contributed by atoms with Crippen LogP contribution in [0.15, 0.2) is 47.1 Å². The molecule has 3 rings (SSSR count). The van der Waals surface area contributed by atoms with Crippen LogP contribution in [0.3, 0.4) is 0 Å². The molecule has 5 heteroatoms. The maximum absolute atomic E-state index is 11.9. The lowest BCUT2D eigenvalue weighted by molar-refractivity contribution is -0.117. The monoisotopic (exact) mass is 299 g/mol. The van der Waals surface area contributed by atoms with Crippen molar-refractivity contribution in [1.29, 1.82) is 0 Å². The Bertz CT molecular complexity index is 676. The van der Waals surface area contributed by atoms with Crippen molar-refractivity contribution in [2.24, 2.45) is 0 Å². The molecule has 0 unspecified atom stereocenters. The minimum absolute atomic E-state index is 0.174. The highest BCUT2D eigenvalue weighted by atomic mass is 16.6. The molecular weight excluding hydrogens is 282 g/mol. The van der Waals surface area contributed by atoms with Crippen molar-refractivity contribution in [3.8, 4) is 11.5 Å². The lowest BCUT2D eigenvalue weighted by atomic mass is 10.1. The van der Waals surface area contributed by atoms with E-state index < -0.39 is 0 Å². The van der Waals surface area contributed by atoms with E-state index in [1.54, 1.807) is 18.4 Å². The van der Waals surface area contributed by atoms with Gasteiger partial charge >= 0.3 is 0 Å². The van der Waals surface area contributed by atoms with Crippen LogP contribution in [-0.4, -0.2) is 19.1 Å². The smallest absolute Gasteiger partial charge is 0.244 e. The normalized spacial score (nSPS) is 14.8. The minimum Gasteiger partial charge on any atom is -0.486 e. The Morgan fingerprint density at radius 2 is 2.05 bits per heavy atom. The van der Waals surface area contributed by atoms with Crippen molar-refractivity contribution in [2.75, 3.05) is 13.2 Å². The van der Waals surface area contributed by atoms with Crippen LogP contribution in [0.25, 0.3) is 6.08 Å². The van der Waals surface area contributed by atoms with Gasteiger partial charge in [0.05, 0.1) is 12.3 Å². The molecule has 0 bridgehead atoms. The molecule has 1 aromatic carbocycles. The fourth-order valence-corrected chi connectivity index (χ4v) is 2.21. The number of hydrogen-bond donors (Lipinski definition) is 1. The predicted molar refractivity (Wildman–Crippen MR) is 81.7 cm³/mol. The summed E-state index contributed by atoms with van der Waals surface area (Å²) >= 11 is 0. The number of hydrogen-bond acceptors (Lipinski definition) is 4. The first-order chi connectivity index (χ1) is 10.7. The largest absolute Gasteiger partial charge is 0.486 e. The SMILES string of the molecule is C[C@H](NC(=O)/C=C/c1ccc2c(c1)OCCO2)c1ccco1. The molecule has 2 aromatic rings.